The van der Waals surface area contributed by atoms with Gasteiger partial charge in [-0.3, -0.25) is 4.79 Å². The Bertz CT molecular complexity index is 1250. The molecule has 1 saturated carbocycles. The van der Waals surface area contributed by atoms with E-state index in [1.165, 1.54) is 12.1 Å². The van der Waals surface area contributed by atoms with E-state index in [1.807, 2.05) is 37.3 Å². The normalized spacial score (nSPS) is 17.0. The zero-order valence-corrected chi connectivity index (χ0v) is 17.3. The molecule has 1 fully saturated rings. The Morgan fingerprint density at radius 3 is 2.62 bits per heavy atom. The largest absolute Gasteiger partial charge is 0.586 e. The zero-order valence-electron chi connectivity index (χ0n) is 17.3. The third-order valence-electron chi connectivity index (χ3n) is 5.87. The average molecular weight is 434 g/mol. The van der Waals surface area contributed by atoms with Gasteiger partial charge in [-0.25, -0.2) is 4.98 Å². The fourth-order valence-corrected chi connectivity index (χ4v) is 3.96. The van der Waals surface area contributed by atoms with E-state index in [-0.39, 0.29) is 17.4 Å². The number of alkyl halides is 2. The third-order valence-corrected chi connectivity index (χ3v) is 5.87. The molecule has 2 heterocycles. The van der Waals surface area contributed by atoms with Gasteiger partial charge in [0.15, 0.2) is 11.5 Å². The molecule has 32 heavy (non-hydrogen) atoms. The number of fused-ring (bicyclic) bond motifs is 1. The lowest BCUT2D eigenvalue weighted by Crippen LogP contribution is -2.28. The summed E-state index contributed by atoms with van der Waals surface area (Å²) in [7, 11) is 0. The Balaban J connectivity index is 1.40. The molecule has 1 N–H and O–H groups in total. The maximum absolute atomic E-state index is 13.3. The molecule has 2 aromatic carbocycles. The minimum atomic E-state index is -3.69. The van der Waals surface area contributed by atoms with E-state index in [9.17, 15) is 13.6 Å². The van der Waals surface area contributed by atoms with E-state index in [2.05, 4.69) is 26.4 Å². The molecule has 0 bridgehead atoms. The highest BCUT2D eigenvalue weighted by atomic mass is 19.3. The number of carbonyl (C=O) groups is 1. The van der Waals surface area contributed by atoms with E-state index in [0.717, 1.165) is 22.4 Å². The zero-order chi connectivity index (χ0) is 22.5. The molecular formula is C25H20F2N2O3. The summed E-state index contributed by atoms with van der Waals surface area (Å²) >= 11 is 0. The number of aromatic nitrogens is 1. The number of rotatable bonds is 5. The number of nitrogens with zero attached hydrogens (tertiary/aromatic N) is 1. The van der Waals surface area contributed by atoms with Gasteiger partial charge in [-0.1, -0.05) is 43.0 Å². The second kappa shape index (κ2) is 7.15. The van der Waals surface area contributed by atoms with Crippen molar-refractivity contribution in [1.82, 2.24) is 4.98 Å². The van der Waals surface area contributed by atoms with Gasteiger partial charge in [0.1, 0.15) is 5.82 Å². The molecule has 1 aliphatic heterocycles. The van der Waals surface area contributed by atoms with Gasteiger partial charge in [0.2, 0.25) is 5.91 Å². The van der Waals surface area contributed by atoms with E-state index < -0.39 is 11.7 Å². The van der Waals surface area contributed by atoms with Crippen LogP contribution in [0.2, 0.25) is 0 Å². The fourth-order valence-electron chi connectivity index (χ4n) is 3.96. The summed E-state index contributed by atoms with van der Waals surface area (Å²) in [6.45, 7) is 5.76. The Labute approximate surface area is 183 Å². The van der Waals surface area contributed by atoms with Crippen molar-refractivity contribution in [2.75, 3.05) is 5.32 Å². The number of ether oxygens (including phenoxy) is 2. The highest BCUT2D eigenvalue weighted by molar-refractivity contribution is 6.01. The van der Waals surface area contributed by atoms with Crippen LogP contribution in [-0.2, 0) is 10.2 Å². The maximum Gasteiger partial charge on any atom is 0.586 e. The minimum Gasteiger partial charge on any atom is -0.395 e. The summed E-state index contributed by atoms with van der Waals surface area (Å²) in [5.74, 6) is 0.0920. The lowest BCUT2D eigenvalue weighted by atomic mass is 9.94. The number of nitrogens with one attached hydrogen (secondary N) is 1. The first kappa shape index (κ1) is 20.2. The molecule has 1 aromatic heterocycles. The highest BCUT2D eigenvalue weighted by Crippen LogP contribution is 2.52. The van der Waals surface area contributed by atoms with Crippen molar-refractivity contribution >= 4 is 17.8 Å². The summed E-state index contributed by atoms with van der Waals surface area (Å²) < 4.78 is 35.7. The van der Waals surface area contributed by atoms with Gasteiger partial charge in [-0.15, -0.1) is 8.78 Å². The van der Waals surface area contributed by atoms with Crippen LogP contribution >= 0.6 is 0 Å². The predicted octanol–water partition coefficient (Wildman–Crippen LogP) is 5.69. The molecule has 5 nitrogen and oxygen atoms in total. The van der Waals surface area contributed by atoms with Crippen molar-refractivity contribution in [3.8, 4) is 22.8 Å². The number of pyridine rings is 1. The molecule has 2 aliphatic rings. The van der Waals surface area contributed by atoms with Gasteiger partial charge in [-0.2, -0.15) is 0 Å². The molecular weight excluding hydrogens is 414 g/mol. The number of hydrogen-bond donors (Lipinski definition) is 1. The molecule has 7 heteroatoms. The van der Waals surface area contributed by atoms with Crippen LogP contribution in [0.25, 0.3) is 17.3 Å². The Kier molecular flexibility index (Phi) is 4.51. The maximum atomic E-state index is 13.3. The van der Waals surface area contributed by atoms with Crippen LogP contribution in [0.1, 0.15) is 29.5 Å². The lowest BCUT2D eigenvalue weighted by molar-refractivity contribution is -0.286. The van der Waals surface area contributed by atoms with E-state index in [0.29, 0.717) is 24.2 Å². The molecule has 0 radical (unpaired) electrons. The van der Waals surface area contributed by atoms with E-state index in [4.69, 9.17) is 0 Å². The first-order valence-electron chi connectivity index (χ1n) is 10.2. The fraction of sp³-hybridized carbons (Fsp3) is 0.200. The predicted molar refractivity (Wildman–Crippen MR) is 117 cm³/mol. The first-order chi connectivity index (χ1) is 15.3. The van der Waals surface area contributed by atoms with E-state index >= 15 is 0 Å². The van der Waals surface area contributed by atoms with Gasteiger partial charge in [0.05, 0.1) is 11.1 Å². The molecule has 0 atom stereocenters. The van der Waals surface area contributed by atoms with Crippen molar-refractivity contribution in [3.63, 3.8) is 0 Å². The summed E-state index contributed by atoms with van der Waals surface area (Å²) in [4.78, 5) is 17.8. The molecule has 162 valence electrons. The van der Waals surface area contributed by atoms with Crippen molar-refractivity contribution in [2.24, 2.45) is 0 Å². The second-order valence-electron chi connectivity index (χ2n) is 8.06. The summed E-state index contributed by atoms with van der Waals surface area (Å²) in [6.07, 6.45) is -0.711. The highest BCUT2D eigenvalue weighted by Gasteiger charge is 2.53. The van der Waals surface area contributed by atoms with Crippen molar-refractivity contribution in [2.45, 2.75) is 31.5 Å². The smallest absolute Gasteiger partial charge is 0.395 e. The van der Waals surface area contributed by atoms with Crippen LogP contribution in [0, 0.1) is 6.92 Å². The monoisotopic (exact) mass is 434 g/mol. The van der Waals surface area contributed by atoms with Crippen LogP contribution in [0.4, 0.5) is 14.6 Å². The van der Waals surface area contributed by atoms with Crippen molar-refractivity contribution in [1.29, 1.82) is 0 Å². The van der Waals surface area contributed by atoms with Gasteiger partial charge in [0, 0.05) is 5.56 Å². The number of hydrogen-bond acceptors (Lipinski definition) is 4. The number of amides is 1. The second-order valence-corrected chi connectivity index (χ2v) is 8.06. The molecule has 0 unspecified atom stereocenters. The molecule has 3 aromatic rings. The quantitative estimate of drug-likeness (QED) is 0.560. The van der Waals surface area contributed by atoms with Crippen LogP contribution in [0.15, 0.2) is 61.2 Å². The van der Waals surface area contributed by atoms with Crippen LogP contribution in [0.3, 0.4) is 0 Å². The van der Waals surface area contributed by atoms with E-state index in [1.54, 1.807) is 18.2 Å². The van der Waals surface area contributed by atoms with Gasteiger partial charge < -0.3 is 14.8 Å². The number of benzene rings is 2. The number of aryl methyl sites for hydroxylation is 1. The molecule has 0 saturated heterocycles. The van der Waals surface area contributed by atoms with Crippen LogP contribution in [0.5, 0.6) is 11.5 Å². The average Bonchev–Trinajstić information content (AvgIpc) is 3.52. The Morgan fingerprint density at radius 2 is 1.88 bits per heavy atom. The Morgan fingerprint density at radius 1 is 1.09 bits per heavy atom. The summed E-state index contributed by atoms with van der Waals surface area (Å²) in [5.41, 5.74) is 3.45. The molecule has 1 amide bonds. The number of carbonyl (C=O) groups excluding carboxylic acids is 1. The molecule has 1 aliphatic carbocycles. The van der Waals surface area contributed by atoms with Gasteiger partial charge >= 0.3 is 6.29 Å². The third kappa shape index (κ3) is 3.49. The molecule has 0 spiro atoms. The SMILES string of the molecule is C=Cc1cccc(-c2nc(NC(=O)C3(c4ccc5c(c4)OC(F)(F)O5)CC3)ccc2C)c1. The number of anilines is 1. The summed E-state index contributed by atoms with van der Waals surface area (Å²) in [5, 5.41) is 2.90. The molecule has 5 rings (SSSR count). The van der Waals surface area contributed by atoms with Crippen molar-refractivity contribution in [3.05, 3.63) is 77.9 Å². The van der Waals surface area contributed by atoms with Gasteiger partial charge in [-0.05, 0) is 60.7 Å². The summed E-state index contributed by atoms with van der Waals surface area (Å²) in [6, 6.07) is 16.0. The van der Waals surface area contributed by atoms with Crippen molar-refractivity contribution < 1.29 is 23.0 Å². The van der Waals surface area contributed by atoms with Gasteiger partial charge in [0.25, 0.3) is 0 Å². The first-order valence-corrected chi connectivity index (χ1v) is 10.2. The van der Waals surface area contributed by atoms with Crippen LogP contribution in [-0.4, -0.2) is 17.2 Å². The van der Waals surface area contributed by atoms with Crippen LogP contribution < -0.4 is 14.8 Å². The standard InChI is InChI=1S/C25H20F2N2O3/c1-3-16-5-4-6-17(13-16)22-15(2)7-10-21(28-22)29-23(30)24(11-12-24)18-8-9-19-20(14-18)32-25(26,27)31-19/h3-10,13-14H,1,11-12H2,2H3,(H,28,29,30). The Hall–Kier alpha value is -3.74. The lowest BCUT2D eigenvalue weighted by Gasteiger charge is -2.17. The topological polar surface area (TPSA) is 60.5 Å². The number of halogens is 2. The minimum absolute atomic E-state index is 0.0402.